The Balaban J connectivity index is 2.55. The highest BCUT2D eigenvalue weighted by Gasteiger charge is 2.09. The normalized spacial score (nSPS) is 10.1. The Morgan fingerprint density at radius 2 is 1.93 bits per heavy atom. The van der Waals surface area contributed by atoms with E-state index in [1.54, 1.807) is 0 Å². The van der Waals surface area contributed by atoms with Crippen LogP contribution in [0.4, 0.5) is 0 Å². The highest BCUT2D eigenvalue weighted by atomic mass is 16.4. The highest BCUT2D eigenvalue weighted by Crippen LogP contribution is 2.21. The lowest BCUT2D eigenvalue weighted by Crippen LogP contribution is -2.02. The second-order valence-corrected chi connectivity index (χ2v) is 2.83. The van der Waals surface area contributed by atoms with Gasteiger partial charge in [0.05, 0.1) is 18.0 Å². The molecule has 0 aliphatic heterocycles. The summed E-state index contributed by atoms with van der Waals surface area (Å²) in [7, 11) is 0. The number of rotatable bonds is 2. The number of phenols is 1. The molecular weight excluding hydrogens is 198 g/mol. The van der Waals surface area contributed by atoms with Gasteiger partial charge in [-0.15, -0.1) is 4.80 Å². The van der Waals surface area contributed by atoms with Crippen LogP contribution in [-0.2, 0) is 0 Å². The summed E-state index contributed by atoms with van der Waals surface area (Å²) in [4.78, 5) is 11.9. The van der Waals surface area contributed by atoms with Crippen molar-refractivity contribution in [1.82, 2.24) is 15.0 Å². The van der Waals surface area contributed by atoms with Crippen LogP contribution in [0.25, 0.3) is 5.69 Å². The zero-order valence-corrected chi connectivity index (χ0v) is 7.53. The van der Waals surface area contributed by atoms with Gasteiger partial charge in [0, 0.05) is 0 Å². The van der Waals surface area contributed by atoms with Crippen LogP contribution in [0.5, 0.6) is 5.75 Å². The lowest BCUT2D eigenvalue weighted by molar-refractivity contribution is 0.0697. The first-order chi connectivity index (χ1) is 7.18. The van der Waals surface area contributed by atoms with Crippen LogP contribution >= 0.6 is 0 Å². The molecule has 2 rings (SSSR count). The van der Waals surface area contributed by atoms with Gasteiger partial charge in [0.15, 0.2) is 0 Å². The lowest BCUT2D eigenvalue weighted by atomic mass is 10.2. The third-order valence-corrected chi connectivity index (χ3v) is 1.86. The number of carboxylic acids is 1. The fourth-order valence-corrected chi connectivity index (χ4v) is 1.16. The van der Waals surface area contributed by atoms with Gasteiger partial charge in [0.25, 0.3) is 0 Å². The van der Waals surface area contributed by atoms with Crippen molar-refractivity contribution in [2.24, 2.45) is 0 Å². The number of nitrogens with zero attached hydrogens (tertiary/aromatic N) is 3. The second-order valence-electron chi connectivity index (χ2n) is 2.83. The highest BCUT2D eigenvalue weighted by molar-refractivity contribution is 5.88. The predicted molar refractivity (Wildman–Crippen MR) is 50.0 cm³/mol. The summed E-state index contributed by atoms with van der Waals surface area (Å²) in [5.41, 5.74) is 0.306. The monoisotopic (exact) mass is 205 g/mol. The minimum atomic E-state index is -1.07. The number of hydrogen-bond donors (Lipinski definition) is 2. The molecule has 15 heavy (non-hydrogen) atoms. The van der Waals surface area contributed by atoms with Crippen LogP contribution in [0.2, 0.25) is 0 Å². The van der Waals surface area contributed by atoms with E-state index in [0.717, 1.165) is 4.80 Å². The molecule has 1 aromatic carbocycles. The Kier molecular flexibility index (Phi) is 2.09. The van der Waals surface area contributed by atoms with Crippen molar-refractivity contribution in [3.8, 4) is 11.4 Å². The summed E-state index contributed by atoms with van der Waals surface area (Å²) in [5, 5.41) is 25.9. The molecule has 0 aliphatic rings. The number of aromatic carboxylic acids is 1. The molecule has 0 bridgehead atoms. The van der Waals surface area contributed by atoms with Crippen LogP contribution in [0, 0.1) is 0 Å². The fraction of sp³-hybridized carbons (Fsp3) is 0. The topological polar surface area (TPSA) is 88.2 Å². The first-order valence-corrected chi connectivity index (χ1v) is 4.11. The molecule has 0 saturated heterocycles. The van der Waals surface area contributed by atoms with Crippen molar-refractivity contribution in [2.45, 2.75) is 0 Å². The molecule has 0 fully saturated rings. The van der Waals surface area contributed by atoms with Crippen molar-refractivity contribution in [1.29, 1.82) is 0 Å². The van der Waals surface area contributed by atoms with E-state index < -0.39 is 5.97 Å². The van der Waals surface area contributed by atoms with Gasteiger partial charge in [0.1, 0.15) is 11.4 Å². The molecule has 0 radical (unpaired) electrons. The quantitative estimate of drug-likeness (QED) is 0.752. The van der Waals surface area contributed by atoms with E-state index >= 15 is 0 Å². The van der Waals surface area contributed by atoms with Crippen molar-refractivity contribution in [3.63, 3.8) is 0 Å². The number of carbonyl (C=O) groups is 1. The van der Waals surface area contributed by atoms with Gasteiger partial charge in [-0.2, -0.15) is 10.2 Å². The molecular formula is C9H7N3O3. The van der Waals surface area contributed by atoms with E-state index in [1.165, 1.54) is 30.6 Å². The van der Waals surface area contributed by atoms with Gasteiger partial charge in [-0.3, -0.25) is 0 Å². The van der Waals surface area contributed by atoms with Gasteiger partial charge in [-0.25, -0.2) is 4.79 Å². The Bertz CT molecular complexity index is 493. The number of aromatic hydroxyl groups is 1. The second kappa shape index (κ2) is 3.41. The van der Waals surface area contributed by atoms with E-state index in [1.807, 2.05) is 0 Å². The minimum absolute atomic E-state index is 0.0695. The Morgan fingerprint density at radius 1 is 1.27 bits per heavy atom. The Labute approximate surface area is 84.4 Å². The van der Waals surface area contributed by atoms with Crippen molar-refractivity contribution in [3.05, 3.63) is 36.2 Å². The molecule has 2 N–H and O–H groups in total. The van der Waals surface area contributed by atoms with E-state index in [9.17, 15) is 9.90 Å². The van der Waals surface area contributed by atoms with Crippen molar-refractivity contribution >= 4 is 5.97 Å². The summed E-state index contributed by atoms with van der Waals surface area (Å²) < 4.78 is 0. The van der Waals surface area contributed by atoms with Crippen LogP contribution in [0.3, 0.4) is 0 Å². The molecule has 2 aromatic rings. The van der Waals surface area contributed by atoms with Crippen LogP contribution in [0.15, 0.2) is 30.6 Å². The van der Waals surface area contributed by atoms with E-state index in [4.69, 9.17) is 5.11 Å². The number of benzene rings is 1. The van der Waals surface area contributed by atoms with E-state index in [-0.39, 0.29) is 17.0 Å². The summed E-state index contributed by atoms with van der Waals surface area (Å²) in [6.07, 6.45) is 2.87. The zero-order valence-electron chi connectivity index (χ0n) is 7.53. The molecule has 6 nitrogen and oxygen atoms in total. The Morgan fingerprint density at radius 3 is 2.53 bits per heavy atom. The maximum Gasteiger partial charge on any atom is 0.335 e. The summed E-state index contributed by atoms with van der Waals surface area (Å²) in [6.45, 7) is 0. The number of aromatic nitrogens is 3. The molecule has 0 atom stereocenters. The van der Waals surface area contributed by atoms with Crippen molar-refractivity contribution in [2.75, 3.05) is 0 Å². The first-order valence-electron chi connectivity index (χ1n) is 4.11. The molecule has 0 aliphatic carbocycles. The van der Waals surface area contributed by atoms with Crippen LogP contribution < -0.4 is 0 Å². The molecule has 76 valence electrons. The summed E-state index contributed by atoms with van der Waals surface area (Å²) in [5.74, 6) is -1.14. The third kappa shape index (κ3) is 1.64. The fourth-order valence-electron chi connectivity index (χ4n) is 1.16. The molecule has 0 amide bonds. The number of carboxylic acid groups (broad SMARTS) is 1. The first kappa shape index (κ1) is 9.20. The Hall–Kier alpha value is -2.37. The largest absolute Gasteiger partial charge is 0.506 e. The minimum Gasteiger partial charge on any atom is -0.506 e. The van der Waals surface area contributed by atoms with Gasteiger partial charge >= 0.3 is 5.97 Å². The average Bonchev–Trinajstić information content (AvgIpc) is 2.71. The number of phenolic OH excluding ortho intramolecular Hbond substituents is 1. The average molecular weight is 205 g/mol. The number of hydrogen-bond acceptors (Lipinski definition) is 4. The van der Waals surface area contributed by atoms with Gasteiger partial charge < -0.3 is 10.2 Å². The molecule has 0 saturated carbocycles. The zero-order chi connectivity index (χ0) is 10.8. The standard InChI is InChI=1S/C9H7N3O3/c13-8-2-1-6(9(14)15)5-7(8)12-10-3-4-11-12/h1-5,13H,(H,14,15). The third-order valence-electron chi connectivity index (χ3n) is 1.86. The maximum atomic E-state index is 10.7. The van der Waals surface area contributed by atoms with Gasteiger partial charge in [-0.1, -0.05) is 0 Å². The van der Waals surface area contributed by atoms with Crippen LogP contribution in [-0.4, -0.2) is 31.2 Å². The molecule has 1 heterocycles. The van der Waals surface area contributed by atoms with Gasteiger partial charge in [-0.05, 0) is 18.2 Å². The molecule has 1 aromatic heterocycles. The van der Waals surface area contributed by atoms with Crippen LogP contribution in [0.1, 0.15) is 10.4 Å². The summed E-state index contributed by atoms with van der Waals surface area (Å²) in [6, 6.07) is 3.91. The smallest absolute Gasteiger partial charge is 0.335 e. The summed E-state index contributed by atoms with van der Waals surface area (Å²) >= 11 is 0. The van der Waals surface area contributed by atoms with E-state index in [0.29, 0.717) is 0 Å². The lowest BCUT2D eigenvalue weighted by Gasteiger charge is -2.03. The molecule has 0 unspecified atom stereocenters. The SMILES string of the molecule is O=C(O)c1ccc(O)c(-n2nccn2)c1. The molecule has 6 heteroatoms. The van der Waals surface area contributed by atoms with Crippen molar-refractivity contribution < 1.29 is 15.0 Å². The molecule has 0 spiro atoms. The predicted octanol–water partition coefficient (Wildman–Crippen LogP) is 0.671. The maximum absolute atomic E-state index is 10.7. The van der Waals surface area contributed by atoms with Gasteiger partial charge in [0.2, 0.25) is 0 Å². The van der Waals surface area contributed by atoms with E-state index in [2.05, 4.69) is 10.2 Å².